The van der Waals surface area contributed by atoms with Gasteiger partial charge in [0.05, 0.1) is 0 Å². The fourth-order valence-electron chi connectivity index (χ4n) is 2.67. The summed E-state index contributed by atoms with van der Waals surface area (Å²) in [5, 5.41) is 3.20. The van der Waals surface area contributed by atoms with Crippen molar-refractivity contribution in [1.29, 1.82) is 0 Å². The molecule has 0 saturated carbocycles. The van der Waals surface area contributed by atoms with Gasteiger partial charge in [0, 0.05) is 50.7 Å². The lowest BCUT2D eigenvalue weighted by molar-refractivity contribution is -0.132. The number of amides is 1. The van der Waals surface area contributed by atoms with Gasteiger partial charge in [-0.3, -0.25) is 9.69 Å². The Hall–Kier alpha value is -1.24. The molecule has 130 valence electrons. The summed E-state index contributed by atoms with van der Waals surface area (Å²) in [5.74, 6) is -1.00. The number of hydrogen-bond donors (Lipinski definition) is 1. The monoisotopic (exact) mass is 347 g/mol. The zero-order valence-electron chi connectivity index (χ0n) is 13.5. The molecule has 1 fully saturated rings. The molecule has 1 unspecified atom stereocenters. The SMILES string of the molecule is CC(c1c(F)cccc1F)N(C)CCC(=O)N1CCNCC1.Cl. The van der Waals surface area contributed by atoms with Crippen LogP contribution in [-0.4, -0.2) is 55.5 Å². The maximum absolute atomic E-state index is 13.8. The molecule has 1 heterocycles. The molecule has 1 N–H and O–H groups in total. The van der Waals surface area contributed by atoms with Crippen LogP contribution in [0.4, 0.5) is 8.78 Å². The van der Waals surface area contributed by atoms with Gasteiger partial charge in [0.25, 0.3) is 0 Å². The lowest BCUT2D eigenvalue weighted by Gasteiger charge is -2.29. The molecule has 0 aromatic heterocycles. The smallest absolute Gasteiger partial charge is 0.223 e. The van der Waals surface area contributed by atoms with E-state index in [2.05, 4.69) is 5.32 Å². The average Bonchev–Trinajstić information content (AvgIpc) is 2.52. The van der Waals surface area contributed by atoms with Crippen LogP contribution in [0.3, 0.4) is 0 Å². The van der Waals surface area contributed by atoms with Crippen molar-refractivity contribution in [3.8, 4) is 0 Å². The molecule has 0 bridgehead atoms. The molecule has 2 rings (SSSR count). The molecule has 1 amide bonds. The van der Waals surface area contributed by atoms with Gasteiger partial charge >= 0.3 is 0 Å². The molecular weight excluding hydrogens is 324 g/mol. The van der Waals surface area contributed by atoms with E-state index in [0.29, 0.717) is 13.0 Å². The van der Waals surface area contributed by atoms with Crippen molar-refractivity contribution in [2.45, 2.75) is 19.4 Å². The maximum atomic E-state index is 13.8. The number of benzene rings is 1. The number of carbonyl (C=O) groups excluding carboxylic acids is 1. The predicted molar refractivity (Wildman–Crippen MR) is 88.7 cm³/mol. The summed E-state index contributed by atoms with van der Waals surface area (Å²) in [4.78, 5) is 15.8. The van der Waals surface area contributed by atoms with Crippen LogP contribution in [0.5, 0.6) is 0 Å². The first-order valence-electron chi connectivity index (χ1n) is 7.63. The minimum atomic E-state index is -0.548. The molecule has 0 radical (unpaired) electrons. The highest BCUT2D eigenvalue weighted by molar-refractivity contribution is 5.85. The summed E-state index contributed by atoms with van der Waals surface area (Å²) >= 11 is 0. The Morgan fingerprint density at radius 3 is 2.43 bits per heavy atom. The lowest BCUT2D eigenvalue weighted by atomic mass is 10.1. The Bertz CT molecular complexity index is 504. The van der Waals surface area contributed by atoms with Crippen molar-refractivity contribution in [1.82, 2.24) is 15.1 Å². The first-order valence-corrected chi connectivity index (χ1v) is 7.63. The van der Waals surface area contributed by atoms with Gasteiger partial charge in [-0.1, -0.05) is 6.07 Å². The number of halogens is 3. The molecule has 1 aliphatic rings. The van der Waals surface area contributed by atoms with E-state index in [9.17, 15) is 13.6 Å². The predicted octanol–water partition coefficient (Wildman–Crippen LogP) is 2.20. The van der Waals surface area contributed by atoms with E-state index in [1.807, 2.05) is 9.80 Å². The molecule has 1 saturated heterocycles. The first kappa shape index (κ1) is 19.8. The second kappa shape index (κ2) is 9.15. The Labute approximate surface area is 142 Å². The van der Waals surface area contributed by atoms with E-state index >= 15 is 0 Å². The molecular formula is C16H24ClF2N3O. The van der Waals surface area contributed by atoms with Gasteiger partial charge in [0.1, 0.15) is 11.6 Å². The zero-order valence-corrected chi connectivity index (χ0v) is 14.3. The standard InChI is InChI=1S/C16H23F2N3O.ClH/c1-12(16-13(17)4-3-5-14(16)18)20(2)9-6-15(22)21-10-7-19-8-11-21;/h3-5,12,19H,6-11H2,1-2H3;1H. The highest BCUT2D eigenvalue weighted by Gasteiger charge is 2.21. The van der Waals surface area contributed by atoms with E-state index in [0.717, 1.165) is 26.2 Å². The molecule has 7 heteroatoms. The first-order chi connectivity index (χ1) is 10.5. The Kier molecular flexibility index (Phi) is 7.88. The average molecular weight is 348 g/mol. The Morgan fingerprint density at radius 2 is 1.87 bits per heavy atom. The van der Waals surface area contributed by atoms with Crippen LogP contribution in [0, 0.1) is 11.6 Å². The quantitative estimate of drug-likeness (QED) is 0.887. The summed E-state index contributed by atoms with van der Waals surface area (Å²) < 4.78 is 27.6. The normalized spacial score (nSPS) is 16.1. The molecule has 0 aliphatic carbocycles. The molecule has 1 aromatic rings. The fourth-order valence-corrected chi connectivity index (χ4v) is 2.67. The van der Waals surface area contributed by atoms with E-state index in [-0.39, 0.29) is 23.9 Å². The summed E-state index contributed by atoms with van der Waals surface area (Å²) in [5.41, 5.74) is 0.0552. The lowest BCUT2D eigenvalue weighted by Crippen LogP contribution is -2.47. The minimum absolute atomic E-state index is 0. The Balaban J connectivity index is 0.00000264. The molecule has 23 heavy (non-hydrogen) atoms. The fraction of sp³-hybridized carbons (Fsp3) is 0.562. The van der Waals surface area contributed by atoms with Crippen molar-refractivity contribution in [3.05, 3.63) is 35.4 Å². The van der Waals surface area contributed by atoms with Crippen molar-refractivity contribution < 1.29 is 13.6 Å². The van der Waals surface area contributed by atoms with Gasteiger partial charge in [0.2, 0.25) is 5.91 Å². The highest BCUT2D eigenvalue weighted by atomic mass is 35.5. The number of carbonyl (C=O) groups is 1. The Morgan fingerprint density at radius 1 is 1.30 bits per heavy atom. The molecule has 1 atom stereocenters. The summed E-state index contributed by atoms with van der Waals surface area (Å²) in [6, 6.07) is 3.45. The van der Waals surface area contributed by atoms with E-state index < -0.39 is 17.7 Å². The van der Waals surface area contributed by atoms with Crippen LogP contribution in [-0.2, 0) is 4.79 Å². The van der Waals surface area contributed by atoms with Crippen LogP contribution in [0.1, 0.15) is 24.9 Å². The minimum Gasteiger partial charge on any atom is -0.340 e. The maximum Gasteiger partial charge on any atom is 0.223 e. The topological polar surface area (TPSA) is 35.6 Å². The van der Waals surface area contributed by atoms with Crippen LogP contribution in [0.25, 0.3) is 0 Å². The molecule has 0 spiro atoms. The molecule has 1 aliphatic heterocycles. The van der Waals surface area contributed by atoms with Gasteiger partial charge in [-0.05, 0) is 26.1 Å². The van der Waals surface area contributed by atoms with Crippen LogP contribution >= 0.6 is 12.4 Å². The molecule has 4 nitrogen and oxygen atoms in total. The third kappa shape index (κ3) is 5.12. The van der Waals surface area contributed by atoms with Crippen molar-refractivity contribution in [2.75, 3.05) is 39.8 Å². The number of nitrogens with zero attached hydrogens (tertiary/aromatic N) is 2. The second-order valence-corrected chi connectivity index (χ2v) is 5.67. The third-order valence-corrected chi connectivity index (χ3v) is 4.23. The van der Waals surface area contributed by atoms with Crippen molar-refractivity contribution in [3.63, 3.8) is 0 Å². The van der Waals surface area contributed by atoms with E-state index in [4.69, 9.17) is 0 Å². The summed E-state index contributed by atoms with van der Waals surface area (Å²) in [7, 11) is 1.78. The number of hydrogen-bond acceptors (Lipinski definition) is 3. The van der Waals surface area contributed by atoms with Crippen LogP contribution < -0.4 is 5.32 Å². The number of nitrogens with one attached hydrogen (secondary N) is 1. The van der Waals surface area contributed by atoms with E-state index in [1.165, 1.54) is 18.2 Å². The van der Waals surface area contributed by atoms with E-state index in [1.54, 1.807) is 14.0 Å². The van der Waals surface area contributed by atoms with Gasteiger partial charge in [-0.25, -0.2) is 8.78 Å². The highest BCUT2D eigenvalue weighted by Crippen LogP contribution is 2.24. The zero-order chi connectivity index (χ0) is 16.1. The van der Waals surface area contributed by atoms with Gasteiger partial charge in [-0.2, -0.15) is 0 Å². The third-order valence-electron chi connectivity index (χ3n) is 4.23. The van der Waals surface area contributed by atoms with Gasteiger partial charge in [-0.15, -0.1) is 12.4 Å². The van der Waals surface area contributed by atoms with Gasteiger partial charge < -0.3 is 10.2 Å². The van der Waals surface area contributed by atoms with Gasteiger partial charge in [0.15, 0.2) is 0 Å². The largest absolute Gasteiger partial charge is 0.340 e. The van der Waals surface area contributed by atoms with Crippen molar-refractivity contribution >= 4 is 18.3 Å². The second-order valence-electron chi connectivity index (χ2n) is 5.67. The number of rotatable bonds is 5. The summed E-state index contributed by atoms with van der Waals surface area (Å²) in [6.07, 6.45) is 0.358. The van der Waals surface area contributed by atoms with Crippen LogP contribution in [0.15, 0.2) is 18.2 Å². The number of piperazine rings is 1. The molecule has 1 aromatic carbocycles. The van der Waals surface area contributed by atoms with Crippen molar-refractivity contribution in [2.24, 2.45) is 0 Å². The van der Waals surface area contributed by atoms with Crippen LogP contribution in [0.2, 0.25) is 0 Å². The summed E-state index contributed by atoms with van der Waals surface area (Å²) in [6.45, 7) is 5.30.